The summed E-state index contributed by atoms with van der Waals surface area (Å²) in [7, 11) is 1.33. The number of anilines is 3. The van der Waals surface area contributed by atoms with Crippen LogP contribution in [0.5, 0.6) is 0 Å². The van der Waals surface area contributed by atoms with Crippen LogP contribution in [0.3, 0.4) is 0 Å². The number of hydrogen-bond acceptors (Lipinski definition) is 8. The molecule has 2 fully saturated rings. The molecule has 2 amide bonds. The topological polar surface area (TPSA) is 120 Å². The van der Waals surface area contributed by atoms with Gasteiger partial charge in [-0.25, -0.2) is 9.97 Å². The lowest BCUT2D eigenvalue weighted by Crippen LogP contribution is -2.49. The van der Waals surface area contributed by atoms with Gasteiger partial charge in [-0.05, 0) is 50.2 Å². The highest BCUT2D eigenvalue weighted by Crippen LogP contribution is 2.35. The predicted molar refractivity (Wildman–Crippen MR) is 158 cm³/mol. The molecule has 0 aromatic carbocycles. The molecule has 0 atom stereocenters. The first-order valence-corrected chi connectivity index (χ1v) is 17.3. The van der Waals surface area contributed by atoms with Gasteiger partial charge >= 0.3 is 0 Å². The van der Waals surface area contributed by atoms with E-state index in [1.165, 1.54) is 0 Å². The van der Waals surface area contributed by atoms with Crippen molar-refractivity contribution in [1.29, 1.82) is 0 Å². The highest BCUT2D eigenvalue weighted by Gasteiger charge is 2.27. The van der Waals surface area contributed by atoms with Gasteiger partial charge in [-0.1, -0.05) is 12.8 Å². The number of pyridine rings is 1. The summed E-state index contributed by atoms with van der Waals surface area (Å²) < 4.78 is 2.10. The zero-order valence-electron chi connectivity index (χ0n) is 23.9. The van der Waals surface area contributed by atoms with Gasteiger partial charge in [0.1, 0.15) is 17.2 Å². The second-order valence-corrected chi connectivity index (χ2v) is 15.8. The summed E-state index contributed by atoms with van der Waals surface area (Å²) in [6.45, 7) is 6.55. The average molecular weight is 565 g/mol. The molecule has 5 rings (SSSR count). The molecule has 1 aliphatic heterocycles. The summed E-state index contributed by atoms with van der Waals surface area (Å²) in [6.07, 6.45) is 8.40. The number of carbonyl (C=O) groups excluding carboxylic acids is 2. The molecule has 1 saturated carbocycles. The van der Waals surface area contributed by atoms with Crippen molar-refractivity contribution in [3.8, 4) is 0 Å². The number of aromatic nitrogens is 4. The van der Waals surface area contributed by atoms with Crippen molar-refractivity contribution in [2.24, 2.45) is 0 Å². The molecule has 2 N–H and O–H groups in total. The maximum Gasteiger partial charge on any atom is 0.270 e. The lowest BCUT2D eigenvalue weighted by atomic mass is 10.2. The van der Waals surface area contributed by atoms with Crippen LogP contribution in [0, 0.1) is 0 Å². The van der Waals surface area contributed by atoms with E-state index in [9.17, 15) is 14.4 Å². The van der Waals surface area contributed by atoms with Crippen molar-refractivity contribution >= 4 is 48.6 Å². The summed E-state index contributed by atoms with van der Waals surface area (Å²) in [5.41, 5.74) is 2.42. The molecule has 1 aliphatic carbocycles. The van der Waals surface area contributed by atoms with E-state index in [1.807, 2.05) is 42.4 Å². The van der Waals surface area contributed by atoms with Gasteiger partial charge in [0.25, 0.3) is 5.91 Å². The average Bonchev–Trinajstić information content (AvgIpc) is 3.59. The summed E-state index contributed by atoms with van der Waals surface area (Å²) in [5, 5.41) is 4.08. The lowest BCUT2D eigenvalue weighted by molar-refractivity contribution is -0.131. The molecule has 11 nitrogen and oxygen atoms in total. The first-order valence-electron chi connectivity index (χ1n) is 14.2. The number of rotatable bonds is 8. The van der Waals surface area contributed by atoms with E-state index in [0.29, 0.717) is 43.0 Å². The predicted octanol–water partition coefficient (Wildman–Crippen LogP) is 3.62. The van der Waals surface area contributed by atoms with E-state index in [4.69, 9.17) is 4.98 Å². The van der Waals surface area contributed by atoms with E-state index in [2.05, 4.69) is 24.8 Å². The number of amides is 2. The molecule has 3 aromatic heterocycles. The van der Waals surface area contributed by atoms with Crippen LogP contribution >= 0.6 is 0 Å². The van der Waals surface area contributed by atoms with Gasteiger partial charge < -0.3 is 29.4 Å². The zero-order chi connectivity index (χ0) is 28.4. The SMILES string of the molecule is CN(C)C(=O)c1cc2cnc(Nc3ccc(N4CCN(C(=O)CC[Si](C)(C)O)CC4)cn3)nc2n1C1CCCC1. The molecule has 12 heteroatoms. The van der Waals surface area contributed by atoms with E-state index < -0.39 is 8.32 Å². The van der Waals surface area contributed by atoms with Crippen LogP contribution < -0.4 is 10.2 Å². The van der Waals surface area contributed by atoms with Crippen LogP contribution in [0.4, 0.5) is 17.5 Å². The molecule has 0 unspecified atom stereocenters. The number of fused-ring (bicyclic) bond motifs is 1. The van der Waals surface area contributed by atoms with Gasteiger partial charge in [-0.3, -0.25) is 9.59 Å². The maximum atomic E-state index is 12.9. The lowest BCUT2D eigenvalue weighted by Gasteiger charge is -2.36. The molecule has 0 spiro atoms. The molecule has 2 aliphatic rings. The quantitative estimate of drug-likeness (QED) is 0.398. The monoisotopic (exact) mass is 564 g/mol. The largest absolute Gasteiger partial charge is 0.432 e. The second-order valence-electron chi connectivity index (χ2n) is 11.7. The van der Waals surface area contributed by atoms with Crippen LogP contribution in [0.1, 0.15) is 48.6 Å². The highest BCUT2D eigenvalue weighted by molar-refractivity contribution is 6.69. The van der Waals surface area contributed by atoms with E-state index in [1.54, 1.807) is 25.2 Å². The normalized spacial score (nSPS) is 16.5. The molecular formula is C28H40N8O3Si. The van der Waals surface area contributed by atoms with Gasteiger partial charge in [0, 0.05) is 64.3 Å². The smallest absolute Gasteiger partial charge is 0.270 e. The Bertz CT molecular complexity index is 1350. The zero-order valence-corrected chi connectivity index (χ0v) is 24.9. The summed E-state index contributed by atoms with van der Waals surface area (Å²) in [4.78, 5) is 55.1. The minimum absolute atomic E-state index is 0.0300. The van der Waals surface area contributed by atoms with Crippen molar-refractivity contribution in [3.63, 3.8) is 0 Å². The van der Waals surface area contributed by atoms with E-state index in [0.717, 1.165) is 55.5 Å². The maximum absolute atomic E-state index is 12.9. The molecule has 3 aromatic rings. The highest BCUT2D eigenvalue weighted by atomic mass is 28.4. The van der Waals surface area contributed by atoms with Gasteiger partial charge in [-0.2, -0.15) is 4.98 Å². The van der Waals surface area contributed by atoms with Crippen molar-refractivity contribution < 1.29 is 14.4 Å². The van der Waals surface area contributed by atoms with Crippen molar-refractivity contribution in [2.75, 3.05) is 50.5 Å². The number of nitrogens with zero attached hydrogens (tertiary/aromatic N) is 7. The van der Waals surface area contributed by atoms with Gasteiger partial charge in [0.2, 0.25) is 11.9 Å². The Hall–Kier alpha value is -3.51. The minimum atomic E-state index is -2.21. The van der Waals surface area contributed by atoms with Crippen LogP contribution in [0.2, 0.25) is 19.1 Å². The van der Waals surface area contributed by atoms with Crippen LogP contribution in [-0.2, 0) is 4.79 Å². The summed E-state index contributed by atoms with van der Waals surface area (Å²) in [5.74, 6) is 1.17. The first-order chi connectivity index (χ1) is 19.1. The number of hydrogen-bond donors (Lipinski definition) is 2. The van der Waals surface area contributed by atoms with E-state index >= 15 is 0 Å². The third-order valence-electron chi connectivity index (χ3n) is 7.83. The fourth-order valence-electron chi connectivity index (χ4n) is 5.54. The third-order valence-corrected chi connectivity index (χ3v) is 9.30. The Labute approximate surface area is 236 Å². The fraction of sp³-hybridized carbons (Fsp3) is 0.536. The first kappa shape index (κ1) is 28.0. The molecule has 40 heavy (non-hydrogen) atoms. The molecular weight excluding hydrogens is 524 g/mol. The van der Waals surface area contributed by atoms with Crippen LogP contribution in [0.15, 0.2) is 30.6 Å². The summed E-state index contributed by atoms with van der Waals surface area (Å²) >= 11 is 0. The van der Waals surface area contributed by atoms with Gasteiger partial charge in [-0.15, -0.1) is 0 Å². The Morgan fingerprint density at radius 1 is 1.07 bits per heavy atom. The van der Waals surface area contributed by atoms with Crippen molar-refractivity contribution in [3.05, 3.63) is 36.3 Å². The van der Waals surface area contributed by atoms with Crippen LogP contribution in [0.25, 0.3) is 11.0 Å². The Kier molecular flexibility index (Phi) is 8.08. The number of piperazine rings is 1. The third kappa shape index (κ3) is 6.28. The summed E-state index contributed by atoms with van der Waals surface area (Å²) in [6, 6.07) is 6.68. The Morgan fingerprint density at radius 2 is 1.80 bits per heavy atom. The Balaban J connectivity index is 1.25. The number of carbonyl (C=O) groups is 2. The van der Waals surface area contributed by atoms with E-state index in [-0.39, 0.29) is 17.9 Å². The molecule has 0 bridgehead atoms. The van der Waals surface area contributed by atoms with Gasteiger partial charge in [0.05, 0.1) is 11.9 Å². The standard InChI is InChI=1S/C28H40N8O3Si/c1-33(2)27(38)23-17-20-18-30-28(32-26(20)36(23)21-7-5-6-8-21)31-24-10-9-22(19-29-24)34-12-14-35(15-13-34)25(37)11-16-40(3,4)39/h9-10,17-19,21,39H,5-8,11-16H2,1-4H3,(H,29,30,31,32). The van der Waals surface area contributed by atoms with Crippen LogP contribution in [-0.4, -0.2) is 94.5 Å². The number of nitrogens with one attached hydrogen (secondary N) is 1. The molecule has 4 heterocycles. The second kappa shape index (κ2) is 11.5. The fourth-order valence-corrected chi connectivity index (χ4v) is 6.37. The Morgan fingerprint density at radius 3 is 2.42 bits per heavy atom. The van der Waals surface area contributed by atoms with Crippen molar-refractivity contribution in [1.82, 2.24) is 29.3 Å². The molecule has 1 saturated heterocycles. The molecule has 0 radical (unpaired) electrons. The van der Waals surface area contributed by atoms with Gasteiger partial charge in [0.15, 0.2) is 8.32 Å². The molecule has 214 valence electrons. The van der Waals surface area contributed by atoms with Crippen molar-refractivity contribution in [2.45, 2.75) is 57.3 Å². The minimum Gasteiger partial charge on any atom is -0.432 e.